The van der Waals surface area contributed by atoms with Crippen molar-refractivity contribution in [2.45, 2.75) is 6.54 Å². The predicted molar refractivity (Wildman–Crippen MR) is 126 cm³/mol. The van der Waals surface area contributed by atoms with E-state index in [0.29, 0.717) is 26.3 Å². The van der Waals surface area contributed by atoms with Crippen molar-refractivity contribution < 1.29 is 19.1 Å². The first-order chi connectivity index (χ1) is 15.4. The van der Waals surface area contributed by atoms with Crippen molar-refractivity contribution in [2.24, 2.45) is 0 Å². The first-order valence-corrected chi connectivity index (χ1v) is 11.0. The third kappa shape index (κ3) is 5.05. The number of carbonyl (C=O) groups excluding carboxylic acids is 3. The maximum atomic E-state index is 12.7. The van der Waals surface area contributed by atoms with E-state index in [1.165, 1.54) is 4.90 Å². The van der Waals surface area contributed by atoms with Gasteiger partial charge in [0.15, 0.2) is 0 Å². The van der Waals surface area contributed by atoms with Crippen molar-refractivity contribution in [1.82, 2.24) is 4.90 Å². The second-order valence-corrected chi connectivity index (χ2v) is 8.67. The Morgan fingerprint density at radius 2 is 1.72 bits per heavy atom. The zero-order chi connectivity index (χ0) is 22.7. The summed E-state index contributed by atoms with van der Waals surface area (Å²) in [7, 11) is 0. The van der Waals surface area contributed by atoms with Crippen LogP contribution in [-0.4, -0.2) is 22.0 Å². The number of nitrogens with zero attached hydrogens (tertiary/aromatic N) is 1. The summed E-state index contributed by atoms with van der Waals surface area (Å²) in [5.74, 6) is -0.596. The zero-order valence-corrected chi connectivity index (χ0v) is 18.8. The van der Waals surface area contributed by atoms with Crippen LogP contribution in [-0.2, 0) is 11.3 Å². The average Bonchev–Trinajstić information content (AvgIpc) is 3.03. The molecule has 1 saturated heterocycles. The molecule has 1 heterocycles. The summed E-state index contributed by atoms with van der Waals surface area (Å²) in [5.41, 5.74) is 1.73. The number of thioether (sulfide) groups is 1. The maximum absolute atomic E-state index is 12.7. The van der Waals surface area contributed by atoms with E-state index in [4.69, 9.17) is 27.9 Å². The molecule has 160 valence electrons. The summed E-state index contributed by atoms with van der Waals surface area (Å²) in [5, 5.41) is 0.509. The molecule has 0 spiro atoms. The number of halogens is 2. The third-order valence-electron chi connectivity index (χ3n) is 4.59. The minimum atomic E-state index is -0.564. The van der Waals surface area contributed by atoms with Crippen molar-refractivity contribution >= 4 is 58.2 Å². The lowest BCUT2D eigenvalue weighted by Gasteiger charge is -2.12. The van der Waals surface area contributed by atoms with Crippen molar-refractivity contribution in [3.05, 3.63) is 104 Å². The van der Waals surface area contributed by atoms with E-state index in [2.05, 4.69) is 0 Å². The van der Waals surface area contributed by atoms with Crippen molar-refractivity contribution in [3.8, 4) is 5.75 Å². The molecule has 0 unspecified atom stereocenters. The summed E-state index contributed by atoms with van der Waals surface area (Å²) in [6, 6.07) is 20.3. The van der Waals surface area contributed by atoms with E-state index < -0.39 is 5.97 Å². The van der Waals surface area contributed by atoms with E-state index in [-0.39, 0.29) is 23.3 Å². The highest BCUT2D eigenvalue weighted by atomic mass is 35.5. The van der Waals surface area contributed by atoms with Crippen LogP contribution in [0.2, 0.25) is 10.0 Å². The Labute approximate surface area is 198 Å². The molecule has 0 bridgehead atoms. The number of amides is 2. The second-order valence-electron chi connectivity index (χ2n) is 6.84. The highest BCUT2D eigenvalue weighted by Crippen LogP contribution is 2.33. The molecule has 0 aromatic heterocycles. The molecule has 4 rings (SSSR count). The van der Waals surface area contributed by atoms with E-state index >= 15 is 0 Å². The number of carbonyl (C=O) groups is 3. The first kappa shape index (κ1) is 22.1. The highest BCUT2D eigenvalue weighted by molar-refractivity contribution is 8.18. The van der Waals surface area contributed by atoms with Gasteiger partial charge < -0.3 is 4.74 Å². The Bertz CT molecular complexity index is 1240. The summed E-state index contributed by atoms with van der Waals surface area (Å²) in [6.45, 7) is 0.152. The van der Waals surface area contributed by atoms with Gasteiger partial charge in [0.25, 0.3) is 11.1 Å². The molecule has 8 heteroatoms. The number of hydrogen-bond acceptors (Lipinski definition) is 5. The van der Waals surface area contributed by atoms with Crippen molar-refractivity contribution in [1.29, 1.82) is 0 Å². The second kappa shape index (κ2) is 9.61. The first-order valence-electron chi connectivity index (χ1n) is 9.47. The van der Waals surface area contributed by atoms with Crippen LogP contribution >= 0.6 is 35.0 Å². The molecule has 2 amide bonds. The molecular formula is C24H15Cl2NO4S. The van der Waals surface area contributed by atoms with E-state index in [0.717, 1.165) is 17.3 Å². The number of imide groups is 1. The fourth-order valence-corrected chi connectivity index (χ4v) is 4.29. The molecule has 0 aliphatic carbocycles. The Morgan fingerprint density at radius 3 is 2.44 bits per heavy atom. The molecule has 0 radical (unpaired) electrons. The number of benzene rings is 3. The maximum Gasteiger partial charge on any atom is 0.345 e. The van der Waals surface area contributed by atoms with Crippen LogP contribution in [0.3, 0.4) is 0 Å². The summed E-state index contributed by atoms with van der Waals surface area (Å²) >= 11 is 12.9. The fraction of sp³-hybridized carbons (Fsp3) is 0.0417. The van der Waals surface area contributed by atoms with Gasteiger partial charge in [-0.2, -0.15) is 0 Å². The molecule has 0 atom stereocenters. The van der Waals surface area contributed by atoms with Gasteiger partial charge in [0, 0.05) is 5.02 Å². The molecule has 0 saturated carbocycles. The average molecular weight is 484 g/mol. The Kier molecular flexibility index (Phi) is 6.65. The van der Waals surface area contributed by atoms with Gasteiger partial charge in [-0.3, -0.25) is 14.5 Å². The zero-order valence-electron chi connectivity index (χ0n) is 16.5. The monoisotopic (exact) mass is 483 g/mol. The molecular weight excluding hydrogens is 469 g/mol. The minimum Gasteiger partial charge on any atom is -0.423 e. The van der Waals surface area contributed by atoms with E-state index in [1.807, 2.05) is 0 Å². The number of esters is 1. The van der Waals surface area contributed by atoms with Crippen LogP contribution in [0.1, 0.15) is 21.5 Å². The number of rotatable bonds is 5. The normalized spacial score (nSPS) is 14.8. The lowest BCUT2D eigenvalue weighted by atomic mass is 10.2. The third-order valence-corrected chi connectivity index (χ3v) is 6.06. The summed E-state index contributed by atoms with van der Waals surface area (Å²) in [6.07, 6.45) is 1.63. The summed E-state index contributed by atoms with van der Waals surface area (Å²) < 4.78 is 5.35. The molecule has 3 aromatic carbocycles. The number of ether oxygens (including phenoxy) is 1. The molecule has 0 N–H and O–H groups in total. The Morgan fingerprint density at radius 1 is 0.969 bits per heavy atom. The molecule has 1 aliphatic rings. The molecule has 1 aliphatic heterocycles. The quantitative estimate of drug-likeness (QED) is 0.237. The molecule has 5 nitrogen and oxygen atoms in total. The van der Waals surface area contributed by atoms with Crippen LogP contribution in [0.4, 0.5) is 4.79 Å². The Balaban J connectivity index is 1.45. The van der Waals surface area contributed by atoms with Crippen LogP contribution in [0.25, 0.3) is 6.08 Å². The molecule has 32 heavy (non-hydrogen) atoms. The van der Waals surface area contributed by atoms with Gasteiger partial charge in [-0.1, -0.05) is 59.6 Å². The molecule has 3 aromatic rings. The van der Waals surface area contributed by atoms with Crippen LogP contribution in [0.15, 0.2) is 77.7 Å². The van der Waals surface area contributed by atoms with Gasteiger partial charge in [0.05, 0.1) is 22.0 Å². The lowest BCUT2D eigenvalue weighted by Crippen LogP contribution is -2.27. The van der Waals surface area contributed by atoms with Gasteiger partial charge in [-0.25, -0.2) is 4.79 Å². The van der Waals surface area contributed by atoms with Crippen LogP contribution in [0, 0.1) is 0 Å². The van der Waals surface area contributed by atoms with Gasteiger partial charge in [0.1, 0.15) is 5.75 Å². The van der Waals surface area contributed by atoms with E-state index in [9.17, 15) is 14.4 Å². The van der Waals surface area contributed by atoms with E-state index in [1.54, 1.807) is 78.9 Å². The fourth-order valence-electron chi connectivity index (χ4n) is 3.03. The van der Waals surface area contributed by atoms with Crippen molar-refractivity contribution in [3.63, 3.8) is 0 Å². The number of hydrogen-bond donors (Lipinski definition) is 0. The van der Waals surface area contributed by atoms with Gasteiger partial charge in [0.2, 0.25) is 0 Å². The lowest BCUT2D eigenvalue weighted by molar-refractivity contribution is -0.123. The summed E-state index contributed by atoms with van der Waals surface area (Å²) in [4.78, 5) is 38.8. The van der Waals surface area contributed by atoms with Gasteiger partial charge >= 0.3 is 5.97 Å². The van der Waals surface area contributed by atoms with Gasteiger partial charge in [-0.05, 0) is 65.4 Å². The topological polar surface area (TPSA) is 63.7 Å². The van der Waals surface area contributed by atoms with Crippen LogP contribution in [0.5, 0.6) is 5.75 Å². The minimum absolute atomic E-state index is 0.152. The highest BCUT2D eigenvalue weighted by Gasteiger charge is 2.35. The smallest absolute Gasteiger partial charge is 0.345 e. The van der Waals surface area contributed by atoms with Gasteiger partial charge in [-0.15, -0.1) is 0 Å². The standard InChI is InChI=1S/C24H15Cl2NO4S/c25-17-5-3-4-16(12-17)14-27-22(28)21(32-24(27)30)13-15-8-10-18(11-9-15)31-23(29)19-6-1-2-7-20(19)26/h1-13H,14H2/b21-13-. The van der Waals surface area contributed by atoms with Crippen LogP contribution < -0.4 is 4.74 Å². The van der Waals surface area contributed by atoms with Crippen molar-refractivity contribution in [2.75, 3.05) is 0 Å². The molecule has 1 fully saturated rings. The predicted octanol–water partition coefficient (Wildman–Crippen LogP) is 6.45. The Hall–Kier alpha value is -3.06. The SMILES string of the molecule is O=C(Oc1ccc(/C=C2\SC(=O)N(Cc3cccc(Cl)c3)C2=O)cc1)c1ccccc1Cl. The largest absolute Gasteiger partial charge is 0.423 e.